The molecule has 2 amide bonds. The second-order valence-electron chi connectivity index (χ2n) is 5.85. The van der Waals surface area contributed by atoms with Crippen molar-refractivity contribution in [2.45, 2.75) is 25.3 Å². The zero-order valence-corrected chi connectivity index (χ0v) is 14.4. The van der Waals surface area contributed by atoms with Crippen LogP contribution in [-0.2, 0) is 4.79 Å². The summed E-state index contributed by atoms with van der Waals surface area (Å²) in [6, 6.07) is 16.4. The molecule has 136 valence electrons. The Morgan fingerprint density at radius 3 is 1.88 bits per heavy atom. The van der Waals surface area contributed by atoms with E-state index < -0.39 is 17.9 Å². The Hall–Kier alpha value is -3.15. The lowest BCUT2D eigenvalue weighted by atomic mass is 10.1. The van der Waals surface area contributed by atoms with Gasteiger partial charge in [-0.2, -0.15) is 0 Å². The Labute approximate surface area is 152 Å². The molecule has 0 aliphatic heterocycles. The van der Waals surface area contributed by atoms with Gasteiger partial charge in [-0.05, 0) is 43.5 Å². The highest BCUT2D eigenvalue weighted by Crippen LogP contribution is 2.05. The number of amides is 2. The fourth-order valence-electron chi connectivity index (χ4n) is 2.46. The molecule has 0 aliphatic carbocycles. The summed E-state index contributed by atoms with van der Waals surface area (Å²) in [4.78, 5) is 35.3. The SMILES string of the molecule is O=C(NCCCC[C@H](NC(=O)c1ccccc1)C(=O)O)c1ccccc1. The topological polar surface area (TPSA) is 95.5 Å². The lowest BCUT2D eigenvalue weighted by Gasteiger charge is -2.14. The zero-order valence-electron chi connectivity index (χ0n) is 14.4. The molecule has 1 atom stereocenters. The molecule has 0 heterocycles. The monoisotopic (exact) mass is 354 g/mol. The highest BCUT2D eigenvalue weighted by molar-refractivity contribution is 5.96. The van der Waals surface area contributed by atoms with Gasteiger partial charge in [0.25, 0.3) is 11.8 Å². The van der Waals surface area contributed by atoms with Gasteiger partial charge in [0.1, 0.15) is 6.04 Å². The molecule has 2 aromatic rings. The Morgan fingerprint density at radius 1 is 0.808 bits per heavy atom. The molecule has 2 aromatic carbocycles. The van der Waals surface area contributed by atoms with Crippen LogP contribution in [-0.4, -0.2) is 35.5 Å². The van der Waals surface area contributed by atoms with Crippen LogP contribution in [0.2, 0.25) is 0 Å². The van der Waals surface area contributed by atoms with Gasteiger partial charge < -0.3 is 15.7 Å². The first-order valence-corrected chi connectivity index (χ1v) is 8.50. The highest BCUT2D eigenvalue weighted by Gasteiger charge is 2.20. The van der Waals surface area contributed by atoms with Crippen molar-refractivity contribution < 1.29 is 19.5 Å². The van der Waals surface area contributed by atoms with Crippen molar-refractivity contribution in [1.29, 1.82) is 0 Å². The Kier molecular flexibility index (Phi) is 7.36. The van der Waals surface area contributed by atoms with Crippen LogP contribution < -0.4 is 10.6 Å². The molecular formula is C20H22N2O4. The van der Waals surface area contributed by atoms with Crippen LogP contribution in [0, 0.1) is 0 Å². The number of rotatable bonds is 9. The van der Waals surface area contributed by atoms with Crippen molar-refractivity contribution in [3.63, 3.8) is 0 Å². The van der Waals surface area contributed by atoms with Crippen LogP contribution in [0.1, 0.15) is 40.0 Å². The Bertz CT molecular complexity index is 732. The lowest BCUT2D eigenvalue weighted by Crippen LogP contribution is -2.40. The summed E-state index contributed by atoms with van der Waals surface area (Å²) >= 11 is 0. The van der Waals surface area contributed by atoms with Crippen LogP contribution >= 0.6 is 0 Å². The van der Waals surface area contributed by atoms with Crippen LogP contribution in [0.5, 0.6) is 0 Å². The minimum Gasteiger partial charge on any atom is -0.480 e. The van der Waals surface area contributed by atoms with E-state index in [1.54, 1.807) is 54.6 Å². The van der Waals surface area contributed by atoms with Gasteiger partial charge in [0.05, 0.1) is 0 Å². The van der Waals surface area contributed by atoms with Crippen LogP contribution in [0.4, 0.5) is 0 Å². The second kappa shape index (κ2) is 9.98. The summed E-state index contributed by atoms with van der Waals surface area (Å²) in [7, 11) is 0. The fraction of sp³-hybridized carbons (Fsp3) is 0.250. The first kappa shape index (κ1) is 19.2. The largest absolute Gasteiger partial charge is 0.480 e. The van der Waals surface area contributed by atoms with Gasteiger partial charge in [-0.3, -0.25) is 9.59 Å². The van der Waals surface area contributed by atoms with E-state index in [-0.39, 0.29) is 5.91 Å². The molecule has 2 rings (SSSR count). The van der Waals surface area contributed by atoms with E-state index in [0.717, 1.165) is 0 Å². The molecule has 0 radical (unpaired) electrons. The maximum atomic E-state index is 12.1. The molecular weight excluding hydrogens is 332 g/mol. The molecule has 26 heavy (non-hydrogen) atoms. The van der Waals surface area contributed by atoms with Crippen LogP contribution in [0.15, 0.2) is 60.7 Å². The van der Waals surface area contributed by atoms with Crippen molar-refractivity contribution in [2.24, 2.45) is 0 Å². The predicted octanol–water partition coefficient (Wildman–Crippen LogP) is 2.47. The number of benzene rings is 2. The van der Waals surface area contributed by atoms with E-state index in [9.17, 15) is 19.5 Å². The third kappa shape index (κ3) is 6.05. The normalized spacial score (nSPS) is 11.4. The Morgan fingerprint density at radius 2 is 1.35 bits per heavy atom. The number of carbonyl (C=O) groups is 3. The molecule has 0 spiro atoms. The van der Waals surface area contributed by atoms with Crippen molar-refractivity contribution in [1.82, 2.24) is 10.6 Å². The second-order valence-corrected chi connectivity index (χ2v) is 5.85. The molecule has 0 fully saturated rings. The lowest BCUT2D eigenvalue weighted by molar-refractivity contribution is -0.139. The molecule has 0 aliphatic rings. The first-order chi connectivity index (χ1) is 12.6. The van der Waals surface area contributed by atoms with E-state index in [1.165, 1.54) is 0 Å². The van der Waals surface area contributed by atoms with E-state index in [2.05, 4.69) is 10.6 Å². The van der Waals surface area contributed by atoms with Gasteiger partial charge in [0, 0.05) is 17.7 Å². The summed E-state index contributed by atoms with van der Waals surface area (Å²) in [6.07, 6.45) is 1.50. The average Bonchev–Trinajstić information content (AvgIpc) is 2.67. The number of carboxylic acid groups (broad SMARTS) is 1. The number of carbonyl (C=O) groups excluding carboxylic acids is 2. The van der Waals surface area contributed by atoms with Crippen molar-refractivity contribution in [3.05, 3.63) is 71.8 Å². The van der Waals surface area contributed by atoms with Gasteiger partial charge >= 0.3 is 5.97 Å². The molecule has 0 unspecified atom stereocenters. The third-order valence-electron chi connectivity index (χ3n) is 3.88. The molecule has 0 saturated carbocycles. The summed E-state index contributed by atoms with van der Waals surface area (Å²) < 4.78 is 0. The standard InChI is InChI=1S/C20H22N2O4/c23-18(15-9-3-1-4-10-15)21-14-8-7-13-17(20(25)26)22-19(24)16-11-5-2-6-12-16/h1-6,9-12,17H,7-8,13-14H2,(H,21,23)(H,22,24)(H,25,26)/t17-/m0/s1. The quantitative estimate of drug-likeness (QED) is 0.603. The van der Waals surface area contributed by atoms with Crippen molar-refractivity contribution >= 4 is 17.8 Å². The number of unbranched alkanes of at least 4 members (excludes halogenated alkanes) is 1. The maximum absolute atomic E-state index is 12.1. The number of aliphatic carboxylic acids is 1. The zero-order chi connectivity index (χ0) is 18.8. The van der Waals surface area contributed by atoms with Crippen LogP contribution in [0.3, 0.4) is 0 Å². The maximum Gasteiger partial charge on any atom is 0.326 e. The fourth-order valence-corrected chi connectivity index (χ4v) is 2.46. The van der Waals surface area contributed by atoms with Gasteiger partial charge in [-0.15, -0.1) is 0 Å². The van der Waals surface area contributed by atoms with Gasteiger partial charge in [0.15, 0.2) is 0 Å². The predicted molar refractivity (Wildman–Crippen MR) is 98.0 cm³/mol. The molecule has 0 bridgehead atoms. The van der Waals surface area contributed by atoms with E-state index in [4.69, 9.17) is 0 Å². The Balaban J connectivity index is 1.72. The average molecular weight is 354 g/mol. The number of carboxylic acids is 1. The summed E-state index contributed by atoms with van der Waals surface area (Å²) in [5, 5.41) is 14.6. The molecule has 6 nitrogen and oxygen atoms in total. The van der Waals surface area contributed by atoms with Crippen molar-refractivity contribution in [2.75, 3.05) is 6.54 Å². The molecule has 3 N–H and O–H groups in total. The number of hydrogen-bond donors (Lipinski definition) is 3. The summed E-state index contributed by atoms with van der Waals surface area (Å²) in [6.45, 7) is 0.451. The minimum absolute atomic E-state index is 0.155. The number of hydrogen-bond acceptors (Lipinski definition) is 3. The van der Waals surface area contributed by atoms with Crippen LogP contribution in [0.25, 0.3) is 0 Å². The van der Waals surface area contributed by atoms with Gasteiger partial charge in [0.2, 0.25) is 0 Å². The van der Waals surface area contributed by atoms with Gasteiger partial charge in [-0.25, -0.2) is 4.79 Å². The molecule has 6 heteroatoms. The summed E-state index contributed by atoms with van der Waals surface area (Å²) in [5.41, 5.74) is 1.01. The van der Waals surface area contributed by atoms with E-state index in [0.29, 0.717) is 36.9 Å². The smallest absolute Gasteiger partial charge is 0.326 e. The van der Waals surface area contributed by atoms with E-state index >= 15 is 0 Å². The first-order valence-electron chi connectivity index (χ1n) is 8.50. The molecule has 0 aromatic heterocycles. The molecule has 0 saturated heterocycles. The van der Waals surface area contributed by atoms with Crippen molar-refractivity contribution in [3.8, 4) is 0 Å². The van der Waals surface area contributed by atoms with E-state index in [1.807, 2.05) is 6.07 Å². The van der Waals surface area contributed by atoms with Gasteiger partial charge in [-0.1, -0.05) is 36.4 Å². The number of nitrogens with one attached hydrogen (secondary N) is 2. The highest BCUT2D eigenvalue weighted by atomic mass is 16.4. The summed E-state index contributed by atoms with van der Waals surface area (Å²) in [5.74, 6) is -1.63. The minimum atomic E-state index is -1.07. The third-order valence-corrected chi connectivity index (χ3v) is 3.88.